The Bertz CT molecular complexity index is 576. The van der Waals surface area contributed by atoms with Gasteiger partial charge in [-0.1, -0.05) is 37.3 Å². The predicted octanol–water partition coefficient (Wildman–Crippen LogP) is 1.84. The first-order valence-electron chi connectivity index (χ1n) is 9.49. The van der Waals surface area contributed by atoms with E-state index < -0.39 is 0 Å². The second-order valence-electron chi connectivity index (χ2n) is 6.74. The highest BCUT2D eigenvalue weighted by atomic mass is 16.5. The second kappa shape index (κ2) is 10.8. The van der Waals surface area contributed by atoms with Gasteiger partial charge in [0, 0.05) is 33.3 Å². The molecule has 2 atom stereocenters. The van der Waals surface area contributed by atoms with Crippen LogP contribution in [0.4, 0.5) is 0 Å². The average Bonchev–Trinajstić information content (AvgIpc) is 2.66. The molecule has 0 aromatic heterocycles. The molecule has 1 heterocycles. The van der Waals surface area contributed by atoms with Crippen LogP contribution in [0.3, 0.4) is 0 Å². The molecule has 1 amide bonds. The summed E-state index contributed by atoms with van der Waals surface area (Å²) in [6.45, 7) is 8.19. The molecule has 1 aliphatic rings. The molecule has 1 aliphatic heterocycles. The van der Waals surface area contributed by atoms with E-state index in [-0.39, 0.29) is 12.5 Å². The third kappa shape index (κ3) is 6.02. The summed E-state index contributed by atoms with van der Waals surface area (Å²) in [5.41, 5.74) is 1.42. The number of amides is 1. The molecular weight excluding hydrogens is 328 g/mol. The number of benzene rings is 1. The fraction of sp³-hybridized carbons (Fsp3) is 0.600. The normalized spacial score (nSPS) is 20.7. The number of nitrogens with one attached hydrogen (secondary N) is 2. The molecule has 2 rings (SSSR count). The van der Waals surface area contributed by atoms with Gasteiger partial charge in [-0.25, -0.2) is 4.99 Å². The van der Waals surface area contributed by atoms with Gasteiger partial charge in [0.05, 0.1) is 6.61 Å². The van der Waals surface area contributed by atoms with Crippen LogP contribution in [0, 0.1) is 5.92 Å². The van der Waals surface area contributed by atoms with Crippen LogP contribution in [0.15, 0.2) is 35.3 Å². The monoisotopic (exact) mass is 360 g/mol. The lowest BCUT2D eigenvalue weighted by molar-refractivity contribution is -0.119. The Kier molecular flexibility index (Phi) is 8.41. The molecule has 0 aliphatic carbocycles. The number of guanidine groups is 1. The van der Waals surface area contributed by atoms with Gasteiger partial charge in [-0.3, -0.25) is 4.79 Å². The number of rotatable bonds is 7. The van der Waals surface area contributed by atoms with E-state index >= 15 is 0 Å². The van der Waals surface area contributed by atoms with Gasteiger partial charge in [-0.15, -0.1) is 0 Å². The Balaban J connectivity index is 1.93. The third-order valence-electron chi connectivity index (χ3n) is 4.77. The Morgan fingerprint density at radius 2 is 2.08 bits per heavy atom. The van der Waals surface area contributed by atoms with Crippen molar-refractivity contribution in [2.24, 2.45) is 10.9 Å². The van der Waals surface area contributed by atoms with Crippen LogP contribution < -0.4 is 10.6 Å². The number of hydrogen-bond donors (Lipinski definition) is 2. The molecule has 1 aromatic rings. The number of likely N-dealkylation sites (tertiary alicyclic amines) is 1. The van der Waals surface area contributed by atoms with Crippen LogP contribution in [0.2, 0.25) is 0 Å². The maximum atomic E-state index is 11.9. The van der Waals surface area contributed by atoms with E-state index in [1.54, 1.807) is 7.11 Å². The Labute approximate surface area is 157 Å². The maximum Gasteiger partial charge on any atom is 0.241 e. The van der Waals surface area contributed by atoms with Crippen molar-refractivity contribution in [2.75, 3.05) is 46.4 Å². The number of carbonyl (C=O) groups is 1. The number of aliphatic imine (C=N–C) groups is 1. The minimum absolute atomic E-state index is 0.0790. The highest BCUT2D eigenvalue weighted by molar-refractivity contribution is 5.85. The molecule has 2 unspecified atom stereocenters. The highest BCUT2D eigenvalue weighted by Gasteiger charge is 2.28. The summed E-state index contributed by atoms with van der Waals surface area (Å²) in [7, 11) is 1.62. The number of ether oxygens (including phenoxy) is 1. The summed E-state index contributed by atoms with van der Waals surface area (Å²) in [6, 6.07) is 10.7. The van der Waals surface area contributed by atoms with Gasteiger partial charge in [0.1, 0.15) is 6.54 Å². The first-order chi connectivity index (χ1) is 12.7. The second-order valence-corrected chi connectivity index (χ2v) is 6.74. The topological polar surface area (TPSA) is 66.0 Å². The number of nitrogens with zero attached hydrogens (tertiary/aromatic N) is 2. The van der Waals surface area contributed by atoms with Gasteiger partial charge < -0.3 is 20.3 Å². The summed E-state index contributed by atoms with van der Waals surface area (Å²) in [5.74, 6) is 1.86. The molecule has 6 nitrogen and oxygen atoms in total. The number of methoxy groups -OCH3 is 1. The summed E-state index contributed by atoms with van der Waals surface area (Å²) >= 11 is 0. The van der Waals surface area contributed by atoms with Gasteiger partial charge in [0.2, 0.25) is 5.91 Å². The van der Waals surface area contributed by atoms with Crippen LogP contribution >= 0.6 is 0 Å². The summed E-state index contributed by atoms with van der Waals surface area (Å²) in [4.78, 5) is 18.7. The molecule has 0 spiro atoms. The van der Waals surface area contributed by atoms with Crippen molar-refractivity contribution in [1.82, 2.24) is 15.5 Å². The lowest BCUT2D eigenvalue weighted by Crippen LogP contribution is -2.48. The molecule has 1 aromatic carbocycles. The van der Waals surface area contributed by atoms with Gasteiger partial charge in [-0.2, -0.15) is 0 Å². The van der Waals surface area contributed by atoms with Gasteiger partial charge in [0.15, 0.2) is 5.96 Å². The number of hydrogen-bond acceptors (Lipinski definition) is 3. The largest absolute Gasteiger partial charge is 0.383 e. The van der Waals surface area contributed by atoms with Crippen LogP contribution in [-0.2, 0) is 9.53 Å². The standard InChI is InChI=1S/C20H32N4O2/c1-4-21-20(23-14-19(25)22-11-13-26-3)24-12-10-18(16(2)15-24)17-8-6-5-7-9-17/h5-9,16,18H,4,10-15H2,1-3H3,(H,21,23)(H,22,25). The van der Waals surface area contributed by atoms with Crippen LogP contribution in [0.1, 0.15) is 31.7 Å². The Morgan fingerprint density at radius 1 is 1.31 bits per heavy atom. The third-order valence-corrected chi connectivity index (χ3v) is 4.77. The van der Waals surface area contributed by atoms with Crippen LogP contribution in [0.25, 0.3) is 0 Å². The zero-order valence-electron chi connectivity index (χ0n) is 16.2. The summed E-state index contributed by atoms with van der Waals surface area (Å²) < 4.78 is 4.94. The minimum atomic E-state index is -0.0790. The van der Waals surface area contributed by atoms with Crippen molar-refractivity contribution in [2.45, 2.75) is 26.2 Å². The molecule has 0 bridgehead atoms. The van der Waals surface area contributed by atoms with E-state index in [0.29, 0.717) is 25.0 Å². The molecule has 0 saturated carbocycles. The summed E-state index contributed by atoms with van der Waals surface area (Å²) in [5, 5.41) is 6.13. The molecule has 144 valence electrons. The first kappa shape index (κ1) is 20.2. The lowest BCUT2D eigenvalue weighted by Gasteiger charge is -2.39. The van der Waals surface area contributed by atoms with E-state index in [1.165, 1.54) is 5.56 Å². The lowest BCUT2D eigenvalue weighted by atomic mass is 9.82. The van der Waals surface area contributed by atoms with E-state index in [4.69, 9.17) is 4.74 Å². The van der Waals surface area contributed by atoms with Crippen molar-refractivity contribution in [3.63, 3.8) is 0 Å². The fourth-order valence-corrected chi connectivity index (χ4v) is 3.45. The molecular formula is C20H32N4O2. The quantitative estimate of drug-likeness (QED) is 0.442. The molecule has 6 heteroatoms. The van der Waals surface area contributed by atoms with Crippen molar-refractivity contribution >= 4 is 11.9 Å². The van der Waals surface area contributed by atoms with Gasteiger partial charge in [-0.05, 0) is 30.7 Å². The van der Waals surface area contributed by atoms with E-state index in [2.05, 4.69) is 57.8 Å². The SMILES string of the molecule is CCNC(=NCC(=O)NCCOC)N1CCC(c2ccccc2)C(C)C1. The van der Waals surface area contributed by atoms with Crippen molar-refractivity contribution in [3.8, 4) is 0 Å². The smallest absolute Gasteiger partial charge is 0.241 e. The molecule has 26 heavy (non-hydrogen) atoms. The van der Waals surface area contributed by atoms with Crippen molar-refractivity contribution < 1.29 is 9.53 Å². The summed E-state index contributed by atoms with van der Waals surface area (Å²) in [6.07, 6.45) is 1.09. The highest BCUT2D eigenvalue weighted by Crippen LogP contribution is 2.32. The average molecular weight is 361 g/mol. The number of carbonyl (C=O) groups excluding carboxylic acids is 1. The molecule has 0 radical (unpaired) electrons. The number of piperidine rings is 1. The van der Waals surface area contributed by atoms with Crippen LogP contribution in [0.5, 0.6) is 0 Å². The van der Waals surface area contributed by atoms with Crippen molar-refractivity contribution in [3.05, 3.63) is 35.9 Å². The molecule has 1 saturated heterocycles. The van der Waals surface area contributed by atoms with Gasteiger partial charge >= 0.3 is 0 Å². The Hall–Kier alpha value is -2.08. The first-order valence-corrected chi connectivity index (χ1v) is 9.49. The van der Waals surface area contributed by atoms with E-state index in [1.807, 2.05) is 6.92 Å². The van der Waals surface area contributed by atoms with Gasteiger partial charge in [0.25, 0.3) is 0 Å². The zero-order valence-corrected chi connectivity index (χ0v) is 16.2. The molecule has 2 N–H and O–H groups in total. The predicted molar refractivity (Wildman–Crippen MR) is 105 cm³/mol. The van der Waals surface area contributed by atoms with Crippen LogP contribution in [-0.4, -0.2) is 63.2 Å². The van der Waals surface area contributed by atoms with E-state index in [9.17, 15) is 4.79 Å². The Morgan fingerprint density at radius 3 is 2.73 bits per heavy atom. The van der Waals surface area contributed by atoms with Crippen molar-refractivity contribution in [1.29, 1.82) is 0 Å². The maximum absolute atomic E-state index is 11.9. The zero-order chi connectivity index (χ0) is 18.8. The minimum Gasteiger partial charge on any atom is -0.383 e. The fourth-order valence-electron chi connectivity index (χ4n) is 3.45. The molecule has 1 fully saturated rings. The van der Waals surface area contributed by atoms with E-state index in [0.717, 1.165) is 32.0 Å².